The second kappa shape index (κ2) is 4.12. The Kier molecular flexibility index (Phi) is 2.81. The lowest BCUT2D eigenvalue weighted by molar-refractivity contribution is 0.0980. The molecule has 4 N–H and O–H groups in total. The molecule has 0 spiro atoms. The number of hydrogen-bond donors (Lipinski definition) is 3. The summed E-state index contributed by atoms with van der Waals surface area (Å²) in [6, 6.07) is 7.78. The molecule has 0 amide bonds. The van der Waals surface area contributed by atoms with Crippen molar-refractivity contribution in [3.63, 3.8) is 0 Å². The molecule has 0 fully saturated rings. The minimum Gasteiger partial charge on any atom is -0.399 e. The Hall–Kier alpha value is -1.58. The van der Waals surface area contributed by atoms with Crippen LogP contribution < -0.4 is 11.2 Å². The van der Waals surface area contributed by atoms with E-state index in [1.165, 1.54) is 0 Å². The molecule has 1 atom stereocenters. The number of allylic oxidation sites excluding steroid dienone is 2. The van der Waals surface area contributed by atoms with Crippen molar-refractivity contribution in [1.29, 1.82) is 0 Å². The fraction of sp³-hybridized carbons (Fsp3) is 0.231. The quantitative estimate of drug-likeness (QED) is 0.525. The predicted octanol–water partition coefficient (Wildman–Crippen LogP) is 2.35. The molecule has 3 nitrogen and oxygen atoms in total. The van der Waals surface area contributed by atoms with Crippen LogP contribution in [0.4, 0.5) is 5.69 Å². The van der Waals surface area contributed by atoms with Crippen molar-refractivity contribution in [3.05, 3.63) is 48.1 Å². The Morgan fingerprint density at radius 2 is 2.00 bits per heavy atom. The fourth-order valence-corrected chi connectivity index (χ4v) is 1.70. The van der Waals surface area contributed by atoms with Gasteiger partial charge in [-0.2, -0.15) is 5.48 Å². The molecule has 0 saturated carbocycles. The van der Waals surface area contributed by atoms with Crippen LogP contribution in [0.2, 0.25) is 0 Å². The third-order valence-electron chi connectivity index (χ3n) is 2.88. The van der Waals surface area contributed by atoms with Gasteiger partial charge in [-0.05, 0) is 36.6 Å². The maximum absolute atomic E-state index is 9.00. The van der Waals surface area contributed by atoms with Crippen molar-refractivity contribution in [2.75, 3.05) is 5.73 Å². The van der Waals surface area contributed by atoms with Crippen LogP contribution >= 0.6 is 0 Å². The Morgan fingerprint density at radius 1 is 1.31 bits per heavy atom. The normalized spacial score (nSPS) is 24.2. The molecule has 0 aromatic heterocycles. The van der Waals surface area contributed by atoms with E-state index in [4.69, 9.17) is 10.9 Å². The summed E-state index contributed by atoms with van der Waals surface area (Å²) in [4.78, 5) is 0. The number of anilines is 1. The van der Waals surface area contributed by atoms with Gasteiger partial charge in [0.15, 0.2) is 0 Å². The van der Waals surface area contributed by atoms with E-state index in [2.05, 4.69) is 11.6 Å². The van der Waals surface area contributed by atoms with E-state index in [-0.39, 0.29) is 5.54 Å². The van der Waals surface area contributed by atoms with E-state index in [0.29, 0.717) is 0 Å². The lowest BCUT2D eigenvalue weighted by Gasteiger charge is -2.26. The lowest BCUT2D eigenvalue weighted by Crippen LogP contribution is -2.38. The first-order chi connectivity index (χ1) is 7.63. The first-order valence-electron chi connectivity index (χ1n) is 5.29. The van der Waals surface area contributed by atoms with Gasteiger partial charge in [0, 0.05) is 5.69 Å². The Morgan fingerprint density at radius 3 is 2.50 bits per heavy atom. The second-order valence-electron chi connectivity index (χ2n) is 4.35. The van der Waals surface area contributed by atoms with Crippen molar-refractivity contribution in [1.82, 2.24) is 5.48 Å². The van der Waals surface area contributed by atoms with Gasteiger partial charge in [-0.15, -0.1) is 0 Å². The van der Waals surface area contributed by atoms with Crippen LogP contribution in [0.3, 0.4) is 0 Å². The summed E-state index contributed by atoms with van der Waals surface area (Å²) in [5.74, 6) is 0. The molecule has 1 aliphatic carbocycles. The molecule has 16 heavy (non-hydrogen) atoms. The van der Waals surface area contributed by atoms with E-state index in [0.717, 1.165) is 23.2 Å². The number of nitrogens with one attached hydrogen (secondary N) is 1. The van der Waals surface area contributed by atoms with Crippen molar-refractivity contribution in [2.24, 2.45) is 0 Å². The highest BCUT2D eigenvalue weighted by Crippen LogP contribution is 2.26. The number of hydroxylamine groups is 1. The average molecular weight is 216 g/mol. The topological polar surface area (TPSA) is 58.3 Å². The van der Waals surface area contributed by atoms with Crippen molar-refractivity contribution in [3.8, 4) is 0 Å². The molecule has 0 heterocycles. The largest absolute Gasteiger partial charge is 0.399 e. The number of rotatable bonds is 2. The summed E-state index contributed by atoms with van der Waals surface area (Å²) in [5.41, 5.74) is 10.7. The number of nitrogens with two attached hydrogens (primary N) is 1. The molecule has 3 heteroatoms. The number of benzene rings is 1. The molecule has 0 aliphatic heterocycles. The third-order valence-corrected chi connectivity index (χ3v) is 2.88. The van der Waals surface area contributed by atoms with Crippen molar-refractivity contribution in [2.45, 2.75) is 18.9 Å². The minimum atomic E-state index is -0.350. The summed E-state index contributed by atoms with van der Waals surface area (Å²) in [6.07, 6.45) is 6.85. The number of hydrogen-bond acceptors (Lipinski definition) is 3. The molecular weight excluding hydrogens is 200 g/mol. The highest BCUT2D eigenvalue weighted by molar-refractivity contribution is 5.76. The van der Waals surface area contributed by atoms with Gasteiger partial charge in [-0.1, -0.05) is 30.4 Å². The zero-order valence-electron chi connectivity index (χ0n) is 9.27. The van der Waals surface area contributed by atoms with Crippen molar-refractivity contribution < 1.29 is 5.21 Å². The zero-order chi connectivity index (χ0) is 11.6. The van der Waals surface area contributed by atoms with E-state index >= 15 is 0 Å². The molecule has 0 bridgehead atoms. The third kappa shape index (κ3) is 2.15. The maximum Gasteiger partial charge on any atom is 0.0619 e. The molecule has 1 aromatic carbocycles. The first-order valence-corrected chi connectivity index (χ1v) is 5.29. The second-order valence-corrected chi connectivity index (χ2v) is 4.35. The van der Waals surface area contributed by atoms with Gasteiger partial charge in [0.1, 0.15) is 0 Å². The predicted molar refractivity (Wildman–Crippen MR) is 65.9 cm³/mol. The molecule has 84 valence electrons. The fourth-order valence-electron chi connectivity index (χ4n) is 1.70. The monoisotopic (exact) mass is 216 g/mol. The van der Waals surface area contributed by atoms with Crippen LogP contribution in [0, 0.1) is 0 Å². The van der Waals surface area contributed by atoms with Gasteiger partial charge in [0.05, 0.1) is 5.54 Å². The molecule has 2 rings (SSSR count). The van der Waals surface area contributed by atoms with Gasteiger partial charge >= 0.3 is 0 Å². The number of nitrogen functional groups attached to an aromatic ring is 1. The van der Waals surface area contributed by atoms with Crippen LogP contribution in [0.15, 0.2) is 42.5 Å². The van der Waals surface area contributed by atoms with Crippen LogP contribution in [0.1, 0.15) is 18.9 Å². The Bertz CT molecular complexity index is 434. The molecule has 1 unspecified atom stereocenters. The SMILES string of the molecule is CC1(NO)C=CC(c2ccc(N)cc2)=CC1. The summed E-state index contributed by atoms with van der Waals surface area (Å²) in [5, 5.41) is 9.00. The van der Waals surface area contributed by atoms with E-state index in [1.54, 1.807) is 0 Å². The van der Waals surface area contributed by atoms with E-state index in [1.807, 2.05) is 43.3 Å². The maximum atomic E-state index is 9.00. The summed E-state index contributed by atoms with van der Waals surface area (Å²) < 4.78 is 0. The molecule has 0 radical (unpaired) electrons. The van der Waals surface area contributed by atoms with Crippen LogP contribution in [-0.4, -0.2) is 10.7 Å². The van der Waals surface area contributed by atoms with Crippen molar-refractivity contribution >= 4 is 11.3 Å². The Labute approximate surface area is 95.2 Å². The Balaban J connectivity index is 2.20. The first kappa shape index (κ1) is 10.9. The van der Waals surface area contributed by atoms with Gasteiger partial charge in [0.25, 0.3) is 0 Å². The highest BCUT2D eigenvalue weighted by atomic mass is 16.5. The molecule has 0 saturated heterocycles. The van der Waals surface area contributed by atoms with E-state index < -0.39 is 0 Å². The summed E-state index contributed by atoms with van der Waals surface area (Å²) in [7, 11) is 0. The molecular formula is C13H16N2O. The van der Waals surface area contributed by atoms with Crippen LogP contribution in [0.25, 0.3) is 5.57 Å². The van der Waals surface area contributed by atoms with Gasteiger partial charge < -0.3 is 10.9 Å². The molecule has 1 aromatic rings. The lowest BCUT2D eigenvalue weighted by atomic mass is 9.89. The van der Waals surface area contributed by atoms with Gasteiger partial charge in [0.2, 0.25) is 0 Å². The highest BCUT2D eigenvalue weighted by Gasteiger charge is 2.21. The standard InChI is InChI=1S/C13H16N2O/c1-13(15-16)8-6-11(7-9-13)10-2-4-12(14)5-3-10/h2-8,15-16H,9,14H2,1H3. The smallest absolute Gasteiger partial charge is 0.0619 e. The zero-order valence-corrected chi connectivity index (χ0v) is 9.27. The van der Waals surface area contributed by atoms with Gasteiger partial charge in [-0.25, -0.2) is 0 Å². The average Bonchev–Trinajstić information content (AvgIpc) is 2.32. The molecule has 1 aliphatic rings. The summed E-state index contributed by atoms with van der Waals surface area (Å²) >= 11 is 0. The van der Waals surface area contributed by atoms with E-state index in [9.17, 15) is 0 Å². The van der Waals surface area contributed by atoms with Gasteiger partial charge in [-0.3, -0.25) is 0 Å². The minimum absolute atomic E-state index is 0.350. The van der Waals surface area contributed by atoms with Crippen LogP contribution in [0.5, 0.6) is 0 Å². The summed E-state index contributed by atoms with van der Waals surface area (Å²) in [6.45, 7) is 1.94. The van der Waals surface area contributed by atoms with Crippen LogP contribution in [-0.2, 0) is 0 Å².